The number of rotatable bonds is 6. The highest BCUT2D eigenvalue weighted by atomic mass is 35.5. The van der Waals surface area contributed by atoms with Crippen LogP contribution >= 0.6 is 22.9 Å². The number of nitrogens with one attached hydrogen (secondary N) is 1. The molecule has 0 unspecified atom stereocenters. The fourth-order valence-electron chi connectivity index (χ4n) is 2.17. The molecule has 13 heteroatoms. The number of halogens is 1. The van der Waals surface area contributed by atoms with Gasteiger partial charge in [-0.3, -0.25) is 0 Å². The lowest BCUT2D eigenvalue weighted by molar-refractivity contribution is 0.416. The molecule has 0 spiro atoms. The zero-order valence-electron chi connectivity index (χ0n) is 14.2. The normalized spacial score (nSPS) is 12.1. The van der Waals surface area contributed by atoms with Gasteiger partial charge >= 0.3 is 0 Å². The van der Waals surface area contributed by atoms with E-state index in [0.29, 0.717) is 21.9 Å². The Bertz CT molecular complexity index is 1240. The summed E-state index contributed by atoms with van der Waals surface area (Å²) in [4.78, 5) is -0.342. The number of benzene rings is 2. The molecule has 2 aromatic carbocycles. The van der Waals surface area contributed by atoms with E-state index in [-0.39, 0.29) is 21.3 Å². The summed E-state index contributed by atoms with van der Waals surface area (Å²) in [5.74, 6) is 0.260. The van der Waals surface area contributed by atoms with Gasteiger partial charge in [-0.05, 0) is 24.3 Å². The standard InChI is InChI=1S/C15H13ClN4O5S3/c1-25-13-7-6-9(8-12(13)17)27(21,22)20-28(23,24)15-19-18-14(26-15)10-4-2-3-5-11(10)16/h2-8,20H,17H2,1H3. The number of ether oxygens (including phenoxy) is 1. The Labute approximate surface area is 170 Å². The predicted octanol–water partition coefficient (Wildman–Crippen LogP) is 2.12. The van der Waals surface area contributed by atoms with Crippen LogP contribution in [0.3, 0.4) is 0 Å². The second-order valence-corrected chi connectivity index (χ2v) is 10.5. The van der Waals surface area contributed by atoms with Gasteiger partial charge in [0, 0.05) is 5.56 Å². The number of nitrogen functional groups attached to an aromatic ring is 1. The van der Waals surface area contributed by atoms with Gasteiger partial charge in [0.1, 0.15) is 10.8 Å². The molecule has 0 saturated carbocycles. The first kappa shape index (κ1) is 20.5. The molecule has 0 fully saturated rings. The van der Waals surface area contributed by atoms with E-state index >= 15 is 0 Å². The molecule has 0 bridgehead atoms. The molecule has 1 aromatic heterocycles. The molecule has 0 aliphatic heterocycles. The van der Waals surface area contributed by atoms with Crippen molar-refractivity contribution >= 4 is 48.7 Å². The molecular weight excluding hydrogens is 448 g/mol. The van der Waals surface area contributed by atoms with Gasteiger partial charge in [-0.15, -0.1) is 10.2 Å². The second kappa shape index (κ2) is 7.64. The van der Waals surface area contributed by atoms with Crippen LogP contribution in [0, 0.1) is 0 Å². The smallest absolute Gasteiger partial charge is 0.283 e. The Balaban J connectivity index is 1.92. The van der Waals surface area contributed by atoms with Crippen LogP contribution in [-0.2, 0) is 20.0 Å². The maximum atomic E-state index is 12.5. The van der Waals surface area contributed by atoms with Crippen molar-refractivity contribution < 1.29 is 21.6 Å². The molecule has 28 heavy (non-hydrogen) atoms. The minimum Gasteiger partial charge on any atom is -0.495 e. The number of anilines is 1. The van der Waals surface area contributed by atoms with E-state index in [2.05, 4.69) is 10.2 Å². The summed E-state index contributed by atoms with van der Waals surface area (Å²) in [5, 5.41) is 7.96. The van der Waals surface area contributed by atoms with Gasteiger partial charge in [-0.2, -0.15) is 0 Å². The Hall–Kier alpha value is -2.25. The maximum Gasteiger partial charge on any atom is 0.283 e. The molecule has 3 aromatic rings. The fraction of sp³-hybridized carbons (Fsp3) is 0.0667. The minimum atomic E-state index is -4.50. The van der Waals surface area contributed by atoms with Crippen LogP contribution < -0.4 is 14.6 Å². The molecule has 1 heterocycles. The largest absolute Gasteiger partial charge is 0.495 e. The molecule has 0 saturated heterocycles. The molecule has 3 rings (SSSR count). The monoisotopic (exact) mass is 460 g/mol. The van der Waals surface area contributed by atoms with Crippen LogP contribution in [0.2, 0.25) is 5.02 Å². The second-order valence-electron chi connectivity index (χ2n) is 5.35. The van der Waals surface area contributed by atoms with Crippen LogP contribution in [0.25, 0.3) is 10.6 Å². The fourth-order valence-corrected chi connectivity index (χ4v) is 6.55. The summed E-state index contributed by atoms with van der Waals surface area (Å²) in [5.41, 5.74) is 6.21. The number of aromatic nitrogens is 2. The Morgan fingerprint density at radius 1 is 1.07 bits per heavy atom. The molecule has 3 N–H and O–H groups in total. The Morgan fingerprint density at radius 2 is 1.79 bits per heavy atom. The van der Waals surface area contributed by atoms with Crippen molar-refractivity contribution in [3.8, 4) is 16.3 Å². The lowest BCUT2D eigenvalue weighted by atomic mass is 10.2. The number of nitrogens with two attached hydrogens (primary N) is 1. The number of hydrogen-bond donors (Lipinski definition) is 2. The van der Waals surface area contributed by atoms with E-state index in [1.165, 1.54) is 19.2 Å². The van der Waals surface area contributed by atoms with Gasteiger partial charge in [0.2, 0.25) is 4.34 Å². The minimum absolute atomic E-state index is 0.0414. The summed E-state index contributed by atoms with van der Waals surface area (Å²) < 4.78 is 55.9. The van der Waals surface area contributed by atoms with Crippen molar-refractivity contribution in [2.24, 2.45) is 0 Å². The lowest BCUT2D eigenvalue weighted by Gasteiger charge is -2.08. The summed E-state index contributed by atoms with van der Waals surface area (Å²) >= 11 is 6.75. The molecule has 0 aliphatic carbocycles. The first-order valence-electron chi connectivity index (χ1n) is 7.44. The Morgan fingerprint density at radius 3 is 2.43 bits per heavy atom. The summed E-state index contributed by atoms with van der Waals surface area (Å²) in [6, 6.07) is 10.2. The number of hydrogen-bond acceptors (Lipinski definition) is 9. The van der Waals surface area contributed by atoms with Crippen LogP contribution in [0.1, 0.15) is 0 Å². The first-order valence-corrected chi connectivity index (χ1v) is 11.6. The lowest BCUT2D eigenvalue weighted by Crippen LogP contribution is -2.30. The Kier molecular flexibility index (Phi) is 5.59. The van der Waals surface area contributed by atoms with Crippen LogP contribution in [0.5, 0.6) is 5.75 Å². The number of sulfonamides is 2. The van der Waals surface area contributed by atoms with E-state index in [0.717, 1.165) is 6.07 Å². The van der Waals surface area contributed by atoms with Crippen LogP contribution in [0.15, 0.2) is 51.7 Å². The van der Waals surface area contributed by atoms with Crippen molar-refractivity contribution in [3.05, 3.63) is 47.5 Å². The quantitative estimate of drug-likeness (QED) is 0.532. The third-order valence-corrected chi connectivity index (χ3v) is 8.63. The summed E-state index contributed by atoms with van der Waals surface area (Å²) in [7, 11) is -7.57. The van der Waals surface area contributed by atoms with Gasteiger partial charge in [0.25, 0.3) is 20.0 Å². The van der Waals surface area contributed by atoms with Gasteiger partial charge in [-0.1, -0.05) is 45.3 Å². The van der Waals surface area contributed by atoms with E-state index in [9.17, 15) is 16.8 Å². The van der Waals surface area contributed by atoms with Crippen molar-refractivity contribution in [3.63, 3.8) is 0 Å². The third-order valence-electron chi connectivity index (χ3n) is 3.47. The highest BCUT2D eigenvalue weighted by Gasteiger charge is 2.29. The van der Waals surface area contributed by atoms with Gasteiger partial charge in [-0.25, -0.2) is 16.8 Å². The molecule has 9 nitrogen and oxygen atoms in total. The zero-order valence-corrected chi connectivity index (χ0v) is 17.4. The van der Waals surface area contributed by atoms with Gasteiger partial charge in [0.15, 0.2) is 0 Å². The van der Waals surface area contributed by atoms with E-state index in [4.69, 9.17) is 22.1 Å². The highest BCUT2D eigenvalue weighted by molar-refractivity contribution is 8.05. The molecule has 0 aliphatic rings. The van der Waals surface area contributed by atoms with E-state index < -0.39 is 24.4 Å². The van der Waals surface area contributed by atoms with Gasteiger partial charge < -0.3 is 10.5 Å². The average Bonchev–Trinajstić information content (AvgIpc) is 3.12. The topological polar surface area (TPSA) is 141 Å². The van der Waals surface area contributed by atoms with Crippen molar-refractivity contribution in [2.45, 2.75) is 9.24 Å². The van der Waals surface area contributed by atoms with Crippen molar-refractivity contribution in [2.75, 3.05) is 12.8 Å². The van der Waals surface area contributed by atoms with Crippen molar-refractivity contribution in [1.29, 1.82) is 0 Å². The van der Waals surface area contributed by atoms with Gasteiger partial charge in [0.05, 0.1) is 22.7 Å². The SMILES string of the molecule is COc1ccc(S(=O)(=O)NS(=O)(=O)c2nnc(-c3ccccc3Cl)s2)cc1N. The molecular formula is C15H13ClN4O5S3. The predicted molar refractivity (Wildman–Crippen MR) is 105 cm³/mol. The average molecular weight is 461 g/mol. The molecule has 0 radical (unpaired) electrons. The van der Waals surface area contributed by atoms with E-state index in [1.807, 2.05) is 0 Å². The number of methoxy groups -OCH3 is 1. The third kappa shape index (κ3) is 4.10. The zero-order chi connectivity index (χ0) is 20.5. The molecule has 0 atom stereocenters. The maximum absolute atomic E-state index is 12.5. The first-order chi connectivity index (χ1) is 13.1. The summed E-state index contributed by atoms with van der Waals surface area (Å²) in [6.07, 6.45) is 0. The van der Waals surface area contributed by atoms with E-state index in [1.54, 1.807) is 28.4 Å². The van der Waals surface area contributed by atoms with Crippen LogP contribution in [0.4, 0.5) is 5.69 Å². The molecule has 148 valence electrons. The van der Waals surface area contributed by atoms with Crippen molar-refractivity contribution in [1.82, 2.24) is 14.3 Å². The molecule has 0 amide bonds. The number of nitrogens with zero attached hydrogens (tertiary/aromatic N) is 2. The highest BCUT2D eigenvalue weighted by Crippen LogP contribution is 2.31. The summed E-state index contributed by atoms with van der Waals surface area (Å²) in [6.45, 7) is 0. The van der Waals surface area contributed by atoms with Crippen LogP contribution in [-0.4, -0.2) is 34.1 Å².